The van der Waals surface area contributed by atoms with E-state index in [-0.39, 0.29) is 27.7 Å². The highest BCUT2D eigenvalue weighted by molar-refractivity contribution is 7.95. The Morgan fingerprint density at radius 3 is 2.37 bits per heavy atom. The molecule has 0 fully saturated rings. The van der Waals surface area contributed by atoms with Gasteiger partial charge in [-0.25, -0.2) is 8.42 Å². The SMILES string of the molecule is N#C/C(=C\c1ccc(-c2ccccc2[N+](=O)[O-])o1)S(=O)(=O)c1ccccc1. The number of rotatable bonds is 5. The molecule has 3 aromatic rings. The van der Waals surface area contributed by atoms with Crippen molar-refractivity contribution in [2.24, 2.45) is 0 Å². The van der Waals surface area contributed by atoms with Gasteiger partial charge in [-0.05, 0) is 30.3 Å². The van der Waals surface area contributed by atoms with Crippen LogP contribution in [0.25, 0.3) is 17.4 Å². The lowest BCUT2D eigenvalue weighted by molar-refractivity contribution is -0.384. The van der Waals surface area contributed by atoms with Crippen molar-refractivity contribution >= 4 is 21.6 Å². The maximum Gasteiger partial charge on any atom is 0.280 e. The van der Waals surface area contributed by atoms with Crippen molar-refractivity contribution < 1.29 is 17.8 Å². The average molecular weight is 380 g/mol. The first-order valence-electron chi connectivity index (χ1n) is 7.69. The van der Waals surface area contributed by atoms with E-state index in [0.29, 0.717) is 0 Å². The topological polar surface area (TPSA) is 114 Å². The maximum atomic E-state index is 12.6. The van der Waals surface area contributed by atoms with Crippen LogP contribution in [-0.4, -0.2) is 13.3 Å². The Balaban J connectivity index is 2.02. The van der Waals surface area contributed by atoms with Crippen LogP contribution in [0.3, 0.4) is 0 Å². The van der Waals surface area contributed by atoms with Crippen LogP contribution in [0.1, 0.15) is 5.76 Å². The third-order valence-corrected chi connectivity index (χ3v) is 5.40. The summed E-state index contributed by atoms with van der Waals surface area (Å²) in [4.78, 5) is 10.1. The fourth-order valence-electron chi connectivity index (χ4n) is 2.44. The molecule has 8 heteroatoms. The predicted octanol–water partition coefficient (Wildman–Crippen LogP) is 4.19. The average Bonchev–Trinajstić information content (AvgIpc) is 3.15. The van der Waals surface area contributed by atoms with Crippen LogP contribution in [0.5, 0.6) is 0 Å². The Kier molecular flexibility index (Phi) is 4.88. The molecule has 0 atom stereocenters. The van der Waals surface area contributed by atoms with E-state index in [2.05, 4.69) is 0 Å². The molecule has 1 heterocycles. The van der Waals surface area contributed by atoms with Gasteiger partial charge in [0.15, 0.2) is 4.91 Å². The van der Waals surface area contributed by atoms with E-state index in [9.17, 15) is 23.8 Å². The number of para-hydroxylation sites is 1. The van der Waals surface area contributed by atoms with E-state index in [0.717, 1.165) is 6.08 Å². The first kappa shape index (κ1) is 18.1. The number of allylic oxidation sites excluding steroid dienone is 1. The molecule has 0 aliphatic rings. The number of hydrogen-bond donors (Lipinski definition) is 0. The lowest BCUT2D eigenvalue weighted by Crippen LogP contribution is -2.03. The van der Waals surface area contributed by atoms with E-state index < -0.39 is 19.7 Å². The van der Waals surface area contributed by atoms with Crippen molar-refractivity contribution in [3.63, 3.8) is 0 Å². The molecule has 0 aliphatic carbocycles. The van der Waals surface area contributed by atoms with Crippen LogP contribution in [0.15, 0.2) is 80.9 Å². The minimum atomic E-state index is -3.99. The third-order valence-electron chi connectivity index (χ3n) is 3.72. The maximum absolute atomic E-state index is 12.6. The van der Waals surface area contributed by atoms with Crippen molar-refractivity contribution in [2.75, 3.05) is 0 Å². The molecule has 7 nitrogen and oxygen atoms in total. The van der Waals surface area contributed by atoms with Gasteiger partial charge >= 0.3 is 0 Å². The molecule has 0 aliphatic heterocycles. The minimum absolute atomic E-state index is 0.0109. The molecule has 0 saturated carbocycles. The monoisotopic (exact) mass is 380 g/mol. The Morgan fingerprint density at radius 1 is 1.04 bits per heavy atom. The van der Waals surface area contributed by atoms with Gasteiger partial charge in [-0.1, -0.05) is 30.3 Å². The lowest BCUT2D eigenvalue weighted by atomic mass is 10.1. The standard InChI is InChI=1S/C19H12N2O5S/c20-13-16(27(24,25)15-6-2-1-3-7-15)12-14-10-11-19(26-14)17-8-4-5-9-18(17)21(22)23/h1-12H/b16-12+. The molecule has 27 heavy (non-hydrogen) atoms. The highest BCUT2D eigenvalue weighted by atomic mass is 32.2. The minimum Gasteiger partial charge on any atom is -0.456 e. The second-order valence-electron chi connectivity index (χ2n) is 5.41. The van der Waals surface area contributed by atoms with Crippen LogP contribution < -0.4 is 0 Å². The van der Waals surface area contributed by atoms with Gasteiger partial charge in [-0.15, -0.1) is 0 Å². The van der Waals surface area contributed by atoms with E-state index in [1.54, 1.807) is 30.3 Å². The summed E-state index contributed by atoms with van der Waals surface area (Å²) in [6, 6.07) is 18.2. The van der Waals surface area contributed by atoms with Gasteiger partial charge in [-0.3, -0.25) is 10.1 Å². The van der Waals surface area contributed by atoms with Crippen LogP contribution in [0.4, 0.5) is 5.69 Å². The van der Waals surface area contributed by atoms with Gasteiger partial charge in [0.25, 0.3) is 5.69 Å². The molecular weight excluding hydrogens is 368 g/mol. The molecule has 134 valence electrons. The molecule has 3 rings (SSSR count). The van der Waals surface area contributed by atoms with E-state index in [1.807, 2.05) is 0 Å². The fourth-order valence-corrected chi connectivity index (χ4v) is 3.60. The van der Waals surface area contributed by atoms with Crippen molar-refractivity contribution in [3.05, 3.63) is 87.5 Å². The van der Waals surface area contributed by atoms with Crippen LogP contribution in [0.2, 0.25) is 0 Å². The number of nitriles is 1. The summed E-state index contributed by atoms with van der Waals surface area (Å²) >= 11 is 0. The zero-order valence-corrected chi connectivity index (χ0v) is 14.6. The van der Waals surface area contributed by atoms with Crippen molar-refractivity contribution in [1.82, 2.24) is 0 Å². The highest BCUT2D eigenvalue weighted by Crippen LogP contribution is 2.32. The molecule has 0 bridgehead atoms. The molecule has 0 spiro atoms. The number of hydrogen-bond acceptors (Lipinski definition) is 6. The van der Waals surface area contributed by atoms with Crippen molar-refractivity contribution in [1.29, 1.82) is 5.26 Å². The number of furan rings is 1. The molecule has 2 aromatic carbocycles. The molecule has 1 aromatic heterocycles. The summed E-state index contributed by atoms with van der Waals surface area (Å²) in [7, 11) is -3.99. The largest absolute Gasteiger partial charge is 0.456 e. The number of nitro benzene ring substituents is 1. The molecule has 0 N–H and O–H groups in total. The summed E-state index contributed by atoms with van der Waals surface area (Å²) < 4.78 is 30.7. The summed E-state index contributed by atoms with van der Waals surface area (Å²) in [5.74, 6) is 0.294. The van der Waals surface area contributed by atoms with Crippen LogP contribution in [0, 0.1) is 21.4 Å². The Labute approximate surface area is 154 Å². The second-order valence-corrected chi connectivity index (χ2v) is 7.33. The zero-order chi connectivity index (χ0) is 19.4. The zero-order valence-electron chi connectivity index (χ0n) is 13.8. The van der Waals surface area contributed by atoms with Gasteiger partial charge in [0.1, 0.15) is 17.6 Å². The number of benzene rings is 2. The summed E-state index contributed by atoms with van der Waals surface area (Å²) in [6.45, 7) is 0. The van der Waals surface area contributed by atoms with Gasteiger partial charge in [0, 0.05) is 12.1 Å². The summed E-state index contributed by atoms with van der Waals surface area (Å²) in [5, 5.41) is 20.4. The molecule has 0 unspecified atom stereocenters. The van der Waals surface area contributed by atoms with Crippen molar-refractivity contribution in [3.8, 4) is 17.4 Å². The first-order chi connectivity index (χ1) is 12.9. The Bertz CT molecular complexity index is 1170. The fraction of sp³-hybridized carbons (Fsp3) is 0. The summed E-state index contributed by atoms with van der Waals surface area (Å²) in [5.41, 5.74) is 0.117. The lowest BCUT2D eigenvalue weighted by Gasteiger charge is -2.02. The Hall–Kier alpha value is -3.70. The number of nitro groups is 1. The van der Waals surface area contributed by atoms with Crippen LogP contribution >= 0.6 is 0 Å². The van der Waals surface area contributed by atoms with Crippen LogP contribution in [-0.2, 0) is 9.84 Å². The van der Waals surface area contributed by atoms with E-state index >= 15 is 0 Å². The predicted molar refractivity (Wildman–Crippen MR) is 98.0 cm³/mol. The van der Waals surface area contributed by atoms with Gasteiger partial charge < -0.3 is 4.42 Å². The molecule has 0 amide bonds. The quantitative estimate of drug-likeness (QED) is 0.372. The van der Waals surface area contributed by atoms with E-state index in [1.165, 1.54) is 42.5 Å². The number of nitrogens with zero attached hydrogens (tertiary/aromatic N) is 2. The Morgan fingerprint density at radius 2 is 1.70 bits per heavy atom. The normalized spacial score (nSPS) is 11.7. The van der Waals surface area contributed by atoms with Gasteiger partial charge in [0.05, 0.1) is 15.4 Å². The van der Waals surface area contributed by atoms with Crippen molar-refractivity contribution in [2.45, 2.75) is 4.90 Å². The smallest absolute Gasteiger partial charge is 0.280 e. The molecule has 0 radical (unpaired) electrons. The highest BCUT2D eigenvalue weighted by Gasteiger charge is 2.22. The first-order valence-corrected chi connectivity index (χ1v) is 9.17. The second kappa shape index (κ2) is 7.27. The summed E-state index contributed by atoms with van der Waals surface area (Å²) in [6.07, 6.45) is 1.10. The molecule has 0 saturated heterocycles. The third kappa shape index (κ3) is 3.63. The van der Waals surface area contributed by atoms with Gasteiger partial charge in [0.2, 0.25) is 9.84 Å². The molecular formula is C19H12N2O5S. The van der Waals surface area contributed by atoms with E-state index in [4.69, 9.17) is 4.42 Å². The number of sulfone groups is 1. The van der Waals surface area contributed by atoms with Gasteiger partial charge in [-0.2, -0.15) is 5.26 Å².